The van der Waals surface area contributed by atoms with Crippen LogP contribution in [0.4, 0.5) is 8.78 Å². The predicted molar refractivity (Wildman–Crippen MR) is 82.8 cm³/mol. The van der Waals surface area contributed by atoms with Crippen molar-refractivity contribution in [1.29, 1.82) is 0 Å². The second-order valence-electron chi connectivity index (χ2n) is 5.32. The van der Waals surface area contributed by atoms with E-state index >= 15 is 0 Å². The normalized spacial score (nSPS) is 19.0. The Hall–Kier alpha value is -1.50. The minimum absolute atomic E-state index is 0. The van der Waals surface area contributed by atoms with Gasteiger partial charge in [-0.25, -0.2) is 13.8 Å². The quantitative estimate of drug-likeness (QED) is 0.938. The minimum Gasteiger partial charge on any atom is -0.337 e. The van der Waals surface area contributed by atoms with Gasteiger partial charge in [0.2, 0.25) is 0 Å². The molecule has 1 aliphatic heterocycles. The molecule has 1 aromatic heterocycles. The van der Waals surface area contributed by atoms with Crippen LogP contribution in [0.1, 0.15) is 17.4 Å². The Balaban J connectivity index is 0.00000176. The van der Waals surface area contributed by atoms with Crippen molar-refractivity contribution in [3.8, 4) is 0 Å². The van der Waals surface area contributed by atoms with Crippen molar-refractivity contribution < 1.29 is 8.78 Å². The van der Waals surface area contributed by atoms with Gasteiger partial charge in [0.15, 0.2) is 0 Å². The first kappa shape index (κ1) is 16.9. The summed E-state index contributed by atoms with van der Waals surface area (Å²) in [7, 11) is 1.94. The largest absolute Gasteiger partial charge is 0.337 e. The fourth-order valence-corrected chi connectivity index (χ4v) is 2.77. The molecule has 0 radical (unpaired) electrons. The average Bonchev–Trinajstić information content (AvgIpc) is 2.90. The molecule has 0 bridgehead atoms. The molecule has 1 aromatic carbocycles. The topological polar surface area (TPSA) is 33.1 Å². The maximum atomic E-state index is 13.8. The fraction of sp³-hybridized carbons (Fsp3) is 0.400. The molecule has 1 saturated heterocycles. The van der Waals surface area contributed by atoms with Crippen LogP contribution < -0.4 is 5.32 Å². The van der Waals surface area contributed by atoms with Crippen molar-refractivity contribution in [3.63, 3.8) is 0 Å². The summed E-state index contributed by atoms with van der Waals surface area (Å²) in [5.41, 5.74) is 0.385. The predicted octanol–water partition coefficient (Wildman–Crippen LogP) is 2.27. The molecule has 1 atom stereocenters. The Morgan fingerprint density at radius 3 is 2.91 bits per heavy atom. The van der Waals surface area contributed by atoms with E-state index in [-0.39, 0.29) is 24.3 Å². The van der Waals surface area contributed by atoms with Crippen LogP contribution in [-0.2, 0) is 13.6 Å². The van der Waals surface area contributed by atoms with E-state index < -0.39 is 5.82 Å². The number of nitrogens with one attached hydrogen (secondary N) is 1. The van der Waals surface area contributed by atoms with Crippen molar-refractivity contribution in [1.82, 2.24) is 19.8 Å². The first-order valence-corrected chi connectivity index (χ1v) is 7.01. The first-order valence-electron chi connectivity index (χ1n) is 7.01. The van der Waals surface area contributed by atoms with E-state index in [1.54, 1.807) is 6.20 Å². The Kier molecular flexibility index (Phi) is 5.50. The average molecular weight is 329 g/mol. The molecule has 2 aromatic rings. The fourth-order valence-electron chi connectivity index (χ4n) is 2.77. The number of aromatic nitrogens is 2. The molecule has 1 aliphatic rings. The molecule has 1 N–H and O–H groups in total. The van der Waals surface area contributed by atoms with Crippen molar-refractivity contribution in [3.05, 3.63) is 53.6 Å². The van der Waals surface area contributed by atoms with E-state index in [9.17, 15) is 8.78 Å². The number of aryl methyl sites for hydroxylation is 1. The number of piperazine rings is 1. The summed E-state index contributed by atoms with van der Waals surface area (Å²) in [4.78, 5) is 6.52. The number of hydrogen-bond acceptors (Lipinski definition) is 3. The number of benzene rings is 1. The summed E-state index contributed by atoms with van der Waals surface area (Å²) in [5, 5.41) is 3.33. The van der Waals surface area contributed by atoms with E-state index in [2.05, 4.69) is 15.2 Å². The zero-order valence-corrected chi connectivity index (χ0v) is 13.1. The van der Waals surface area contributed by atoms with E-state index in [0.29, 0.717) is 12.1 Å². The summed E-state index contributed by atoms with van der Waals surface area (Å²) in [6.45, 7) is 2.73. The third-order valence-electron chi connectivity index (χ3n) is 3.89. The molecule has 1 fully saturated rings. The molecule has 4 nitrogen and oxygen atoms in total. The van der Waals surface area contributed by atoms with Crippen LogP contribution in [0.25, 0.3) is 0 Å². The van der Waals surface area contributed by atoms with E-state index in [4.69, 9.17) is 0 Å². The maximum absolute atomic E-state index is 13.8. The molecule has 0 amide bonds. The van der Waals surface area contributed by atoms with Gasteiger partial charge in [0.05, 0.1) is 6.04 Å². The van der Waals surface area contributed by atoms with Gasteiger partial charge in [-0.3, -0.25) is 4.90 Å². The van der Waals surface area contributed by atoms with Crippen LogP contribution in [0.5, 0.6) is 0 Å². The number of hydrogen-bond donors (Lipinski definition) is 1. The van der Waals surface area contributed by atoms with E-state index in [1.807, 2.05) is 17.8 Å². The number of imidazole rings is 1. The van der Waals surface area contributed by atoms with Crippen molar-refractivity contribution in [2.75, 3.05) is 19.6 Å². The van der Waals surface area contributed by atoms with Crippen LogP contribution >= 0.6 is 12.4 Å². The highest BCUT2D eigenvalue weighted by atomic mass is 35.5. The molecule has 120 valence electrons. The molecule has 0 aliphatic carbocycles. The molecule has 0 saturated carbocycles. The highest BCUT2D eigenvalue weighted by molar-refractivity contribution is 5.85. The smallest absolute Gasteiger partial charge is 0.127 e. The van der Waals surface area contributed by atoms with Crippen molar-refractivity contribution in [2.45, 2.75) is 12.6 Å². The summed E-state index contributed by atoms with van der Waals surface area (Å²) >= 11 is 0. The lowest BCUT2D eigenvalue weighted by Crippen LogP contribution is -2.46. The monoisotopic (exact) mass is 328 g/mol. The van der Waals surface area contributed by atoms with Gasteiger partial charge in [-0.1, -0.05) is 0 Å². The Morgan fingerprint density at radius 1 is 1.36 bits per heavy atom. The molecule has 0 spiro atoms. The molecular formula is C15H19ClF2N4. The highest BCUT2D eigenvalue weighted by Crippen LogP contribution is 2.23. The SMILES string of the molecule is Cl.Cn1ccnc1C1CNCCN1Cc1cc(F)ccc1F. The number of halogens is 3. The third-order valence-corrected chi connectivity index (χ3v) is 3.89. The Bertz CT molecular complexity index is 632. The van der Waals surface area contributed by atoms with Gasteiger partial charge in [0.25, 0.3) is 0 Å². The van der Waals surface area contributed by atoms with Gasteiger partial charge < -0.3 is 9.88 Å². The second kappa shape index (κ2) is 7.17. The highest BCUT2D eigenvalue weighted by Gasteiger charge is 2.27. The summed E-state index contributed by atoms with van der Waals surface area (Å²) in [6.07, 6.45) is 3.65. The zero-order chi connectivity index (χ0) is 14.8. The van der Waals surface area contributed by atoms with E-state index in [0.717, 1.165) is 31.5 Å². The van der Waals surface area contributed by atoms with Crippen LogP contribution in [0.3, 0.4) is 0 Å². The maximum Gasteiger partial charge on any atom is 0.127 e. The molecule has 22 heavy (non-hydrogen) atoms. The lowest BCUT2D eigenvalue weighted by molar-refractivity contribution is 0.143. The summed E-state index contributed by atoms with van der Waals surface area (Å²) in [5.74, 6) is 0.155. The van der Waals surface area contributed by atoms with Gasteiger partial charge in [0, 0.05) is 51.2 Å². The lowest BCUT2D eigenvalue weighted by atomic mass is 10.1. The number of nitrogens with zero attached hydrogens (tertiary/aromatic N) is 3. The lowest BCUT2D eigenvalue weighted by Gasteiger charge is -2.35. The number of rotatable bonds is 3. The van der Waals surface area contributed by atoms with Gasteiger partial charge >= 0.3 is 0 Å². The molecule has 2 heterocycles. The van der Waals surface area contributed by atoms with Crippen molar-refractivity contribution in [2.24, 2.45) is 7.05 Å². The van der Waals surface area contributed by atoms with Crippen LogP contribution in [0.15, 0.2) is 30.6 Å². The molecule has 1 unspecified atom stereocenters. The zero-order valence-electron chi connectivity index (χ0n) is 12.3. The summed E-state index contributed by atoms with van der Waals surface area (Å²) in [6, 6.07) is 3.66. The Morgan fingerprint density at radius 2 is 2.18 bits per heavy atom. The first-order chi connectivity index (χ1) is 10.1. The summed E-state index contributed by atoms with van der Waals surface area (Å²) < 4.78 is 29.1. The van der Waals surface area contributed by atoms with Gasteiger partial charge in [-0.15, -0.1) is 12.4 Å². The van der Waals surface area contributed by atoms with Crippen LogP contribution in [0, 0.1) is 11.6 Å². The minimum atomic E-state index is -0.407. The van der Waals surface area contributed by atoms with Crippen molar-refractivity contribution >= 4 is 12.4 Å². The van der Waals surface area contributed by atoms with Crippen LogP contribution in [-0.4, -0.2) is 34.1 Å². The van der Waals surface area contributed by atoms with E-state index in [1.165, 1.54) is 12.1 Å². The van der Waals surface area contributed by atoms with Crippen LogP contribution in [0.2, 0.25) is 0 Å². The molecular weight excluding hydrogens is 310 g/mol. The third kappa shape index (κ3) is 3.45. The van der Waals surface area contributed by atoms with Gasteiger partial charge in [0.1, 0.15) is 17.5 Å². The Labute approximate surface area is 134 Å². The second-order valence-corrected chi connectivity index (χ2v) is 5.32. The van der Waals surface area contributed by atoms with Gasteiger partial charge in [-0.2, -0.15) is 0 Å². The standard InChI is InChI=1S/C15H18F2N4.ClH/c1-20-6-5-19-15(20)14-9-18-4-7-21(14)10-11-8-12(16)2-3-13(11)17;/h2-3,5-6,8,14,18H,4,7,9-10H2,1H3;1H. The van der Waals surface area contributed by atoms with Gasteiger partial charge in [-0.05, 0) is 18.2 Å². The molecule has 7 heteroatoms. The molecule has 3 rings (SSSR count).